The standard InChI is InChI=1S/C20H37N3O5S/c1-15(2)18(20(25)28-5)22(4)19(24)16-10-13-23(14-11-16)29(26,27)17-9-7-6-8-12-21(17)3/h15-18H,6-14H2,1-5H3/t17-,18?/m1/s1. The van der Waals surface area contributed by atoms with Gasteiger partial charge in [-0.1, -0.05) is 26.7 Å². The molecule has 2 saturated heterocycles. The van der Waals surface area contributed by atoms with E-state index >= 15 is 0 Å². The molecule has 9 heteroatoms. The zero-order valence-electron chi connectivity index (χ0n) is 18.5. The van der Waals surface area contributed by atoms with Gasteiger partial charge in [-0.2, -0.15) is 0 Å². The van der Waals surface area contributed by atoms with E-state index in [9.17, 15) is 18.0 Å². The van der Waals surface area contributed by atoms with Crippen molar-refractivity contribution >= 4 is 21.9 Å². The second kappa shape index (κ2) is 10.2. The summed E-state index contributed by atoms with van der Waals surface area (Å²) in [6.07, 6.45) is 4.64. The fraction of sp³-hybridized carbons (Fsp3) is 0.900. The van der Waals surface area contributed by atoms with Crippen LogP contribution in [0.4, 0.5) is 0 Å². The van der Waals surface area contributed by atoms with Crippen molar-refractivity contribution < 1.29 is 22.7 Å². The first-order chi connectivity index (χ1) is 13.6. The third-order valence-corrected chi connectivity index (χ3v) is 8.67. The highest BCUT2D eigenvalue weighted by Gasteiger charge is 2.40. The van der Waals surface area contributed by atoms with Crippen molar-refractivity contribution in [3.8, 4) is 0 Å². The van der Waals surface area contributed by atoms with E-state index in [-0.39, 0.29) is 17.7 Å². The van der Waals surface area contributed by atoms with E-state index < -0.39 is 27.4 Å². The summed E-state index contributed by atoms with van der Waals surface area (Å²) >= 11 is 0. The van der Waals surface area contributed by atoms with E-state index in [1.165, 1.54) is 12.0 Å². The molecule has 29 heavy (non-hydrogen) atoms. The molecular formula is C20H37N3O5S. The number of esters is 1. The molecule has 2 fully saturated rings. The van der Waals surface area contributed by atoms with E-state index in [1.54, 1.807) is 11.4 Å². The Bertz CT molecular complexity index is 674. The molecule has 168 valence electrons. The third-order valence-electron chi connectivity index (χ3n) is 6.30. The van der Waals surface area contributed by atoms with Crippen molar-refractivity contribution in [3.05, 3.63) is 0 Å². The van der Waals surface area contributed by atoms with Gasteiger partial charge in [0, 0.05) is 26.1 Å². The smallest absolute Gasteiger partial charge is 0.328 e. The Kier molecular flexibility index (Phi) is 8.48. The van der Waals surface area contributed by atoms with Crippen LogP contribution in [-0.2, 0) is 24.3 Å². The summed E-state index contributed by atoms with van der Waals surface area (Å²) in [6.45, 7) is 5.25. The number of amides is 1. The highest BCUT2D eigenvalue weighted by molar-refractivity contribution is 7.89. The zero-order valence-corrected chi connectivity index (χ0v) is 19.3. The van der Waals surface area contributed by atoms with E-state index in [2.05, 4.69) is 0 Å². The van der Waals surface area contributed by atoms with Crippen LogP contribution in [0, 0.1) is 11.8 Å². The van der Waals surface area contributed by atoms with Crippen LogP contribution in [0.3, 0.4) is 0 Å². The number of sulfonamides is 1. The SMILES string of the molecule is COC(=O)C(C(C)C)N(C)C(=O)C1CCN(S(=O)(=O)[C@@H]2CCCCCN2C)CC1. The maximum atomic E-state index is 13.2. The van der Waals surface area contributed by atoms with Crippen LogP contribution in [-0.4, -0.2) is 86.7 Å². The van der Waals surface area contributed by atoms with Gasteiger partial charge in [-0.3, -0.25) is 9.69 Å². The van der Waals surface area contributed by atoms with Gasteiger partial charge >= 0.3 is 5.97 Å². The number of hydrogen-bond acceptors (Lipinski definition) is 6. The lowest BCUT2D eigenvalue weighted by atomic mass is 9.94. The molecule has 0 bridgehead atoms. The van der Waals surface area contributed by atoms with Crippen LogP contribution in [0.2, 0.25) is 0 Å². The summed E-state index contributed by atoms with van der Waals surface area (Å²) in [6, 6.07) is -0.631. The van der Waals surface area contributed by atoms with E-state index in [0.29, 0.717) is 32.4 Å². The average molecular weight is 432 g/mol. The summed E-state index contributed by atoms with van der Waals surface area (Å²) in [5.41, 5.74) is 0. The summed E-state index contributed by atoms with van der Waals surface area (Å²) in [5, 5.41) is -0.468. The molecule has 2 rings (SSSR count). The highest BCUT2D eigenvalue weighted by Crippen LogP contribution is 2.28. The van der Waals surface area contributed by atoms with Crippen molar-refractivity contribution in [2.45, 2.75) is 63.8 Å². The first-order valence-electron chi connectivity index (χ1n) is 10.6. The predicted molar refractivity (Wildman–Crippen MR) is 112 cm³/mol. The first-order valence-corrected chi connectivity index (χ1v) is 12.1. The molecule has 1 unspecified atom stereocenters. The number of nitrogens with zero attached hydrogens (tertiary/aromatic N) is 3. The van der Waals surface area contributed by atoms with Crippen molar-refractivity contribution in [2.75, 3.05) is 40.8 Å². The van der Waals surface area contributed by atoms with Crippen molar-refractivity contribution in [3.63, 3.8) is 0 Å². The molecular weight excluding hydrogens is 394 g/mol. The molecule has 0 N–H and O–H groups in total. The second-order valence-corrected chi connectivity index (χ2v) is 10.8. The Labute approximate surface area is 175 Å². The monoisotopic (exact) mass is 431 g/mol. The summed E-state index contributed by atoms with van der Waals surface area (Å²) < 4.78 is 32.8. The van der Waals surface area contributed by atoms with Crippen LogP contribution in [0.5, 0.6) is 0 Å². The molecule has 2 aliphatic heterocycles. The average Bonchev–Trinajstić information content (AvgIpc) is 2.91. The number of carbonyl (C=O) groups excluding carboxylic acids is 2. The lowest BCUT2D eigenvalue weighted by Crippen LogP contribution is -2.52. The lowest BCUT2D eigenvalue weighted by Gasteiger charge is -2.37. The van der Waals surface area contributed by atoms with Gasteiger partial charge in [0.1, 0.15) is 11.4 Å². The van der Waals surface area contributed by atoms with Crippen LogP contribution < -0.4 is 0 Å². The number of hydrogen-bond donors (Lipinski definition) is 0. The number of ether oxygens (including phenoxy) is 1. The van der Waals surface area contributed by atoms with Crippen LogP contribution in [0.25, 0.3) is 0 Å². The van der Waals surface area contributed by atoms with Gasteiger partial charge in [0.15, 0.2) is 0 Å². The summed E-state index contributed by atoms with van der Waals surface area (Å²) in [5.74, 6) is -0.878. The topological polar surface area (TPSA) is 87.2 Å². The molecule has 0 spiro atoms. The van der Waals surface area contributed by atoms with Crippen molar-refractivity contribution in [1.82, 2.24) is 14.1 Å². The van der Waals surface area contributed by atoms with Crippen molar-refractivity contribution in [2.24, 2.45) is 11.8 Å². The Morgan fingerprint density at radius 3 is 2.21 bits per heavy atom. The highest BCUT2D eigenvalue weighted by atomic mass is 32.2. The van der Waals surface area contributed by atoms with Crippen LogP contribution in [0.15, 0.2) is 0 Å². The molecule has 0 aromatic rings. The van der Waals surface area contributed by atoms with Gasteiger partial charge < -0.3 is 9.64 Å². The predicted octanol–water partition coefficient (Wildman–Crippen LogP) is 1.52. The van der Waals surface area contributed by atoms with Gasteiger partial charge in [-0.15, -0.1) is 0 Å². The van der Waals surface area contributed by atoms with Gasteiger partial charge in [-0.05, 0) is 45.2 Å². The van der Waals surface area contributed by atoms with Gasteiger partial charge in [0.05, 0.1) is 7.11 Å². The molecule has 1 amide bonds. The molecule has 0 saturated carbocycles. The minimum Gasteiger partial charge on any atom is -0.467 e. The third kappa shape index (κ3) is 5.49. The second-order valence-electron chi connectivity index (χ2n) is 8.66. The van der Waals surface area contributed by atoms with Gasteiger partial charge in [0.25, 0.3) is 0 Å². The Balaban J connectivity index is 2.02. The maximum Gasteiger partial charge on any atom is 0.328 e. The van der Waals surface area contributed by atoms with E-state index in [0.717, 1.165) is 25.8 Å². The Morgan fingerprint density at radius 2 is 1.66 bits per heavy atom. The molecule has 0 aromatic heterocycles. The first kappa shape index (κ1) is 24.1. The van der Waals surface area contributed by atoms with Crippen molar-refractivity contribution in [1.29, 1.82) is 0 Å². The summed E-state index contributed by atoms with van der Waals surface area (Å²) in [4.78, 5) is 28.5. The molecule has 8 nitrogen and oxygen atoms in total. The Hall–Kier alpha value is -1.19. The molecule has 2 aliphatic rings. The number of rotatable bonds is 6. The number of methoxy groups -OCH3 is 1. The fourth-order valence-corrected chi connectivity index (χ4v) is 6.64. The van der Waals surface area contributed by atoms with Crippen LogP contribution >= 0.6 is 0 Å². The fourth-order valence-electron chi connectivity index (χ4n) is 4.55. The number of likely N-dealkylation sites (tertiary alicyclic amines) is 1. The minimum absolute atomic E-state index is 0.0670. The van der Waals surface area contributed by atoms with E-state index in [4.69, 9.17) is 4.74 Å². The largest absolute Gasteiger partial charge is 0.467 e. The van der Waals surface area contributed by atoms with Crippen LogP contribution in [0.1, 0.15) is 52.4 Å². The molecule has 0 radical (unpaired) electrons. The molecule has 2 atom stereocenters. The molecule has 0 aliphatic carbocycles. The molecule has 2 heterocycles. The number of carbonyl (C=O) groups is 2. The van der Waals surface area contributed by atoms with E-state index in [1.807, 2.05) is 25.8 Å². The Morgan fingerprint density at radius 1 is 1.03 bits per heavy atom. The van der Waals surface area contributed by atoms with Gasteiger partial charge in [-0.25, -0.2) is 17.5 Å². The minimum atomic E-state index is -3.41. The lowest BCUT2D eigenvalue weighted by molar-refractivity contribution is -0.155. The molecule has 0 aromatic carbocycles. The summed E-state index contributed by atoms with van der Waals surface area (Å²) in [7, 11) is 1.43. The number of likely N-dealkylation sites (N-methyl/N-ethyl adjacent to an activating group) is 1. The quantitative estimate of drug-likeness (QED) is 0.593. The number of piperidine rings is 1. The normalized spacial score (nSPS) is 24.1. The maximum absolute atomic E-state index is 13.2. The zero-order chi connectivity index (χ0) is 21.8. The van der Waals surface area contributed by atoms with Gasteiger partial charge in [0.2, 0.25) is 15.9 Å².